The molecule has 2 aromatic rings. The molecule has 1 aliphatic rings. The van der Waals surface area contributed by atoms with Crippen LogP contribution in [0.15, 0.2) is 42.5 Å². The molecule has 8 heteroatoms. The Morgan fingerprint density at radius 1 is 1.15 bits per heavy atom. The highest BCUT2D eigenvalue weighted by atomic mass is 32.2. The van der Waals surface area contributed by atoms with Crippen LogP contribution in [0, 0.1) is 6.92 Å². The number of carbonyl (C=O) groups is 1. The van der Waals surface area contributed by atoms with Crippen LogP contribution in [-0.2, 0) is 10.5 Å². The van der Waals surface area contributed by atoms with Crippen LogP contribution in [0.5, 0.6) is 11.5 Å². The average Bonchev–Trinajstić information content (AvgIpc) is 3.09. The zero-order valence-corrected chi connectivity index (χ0v) is 15.8. The summed E-state index contributed by atoms with van der Waals surface area (Å²) in [7, 11) is 0. The Bertz CT molecular complexity index is 814. The number of hydrazine groups is 1. The van der Waals surface area contributed by atoms with Gasteiger partial charge in [0.05, 0.1) is 5.75 Å². The molecule has 1 amide bonds. The largest absolute Gasteiger partial charge is 0.454 e. The second kappa shape index (κ2) is 8.77. The Labute approximate surface area is 161 Å². The maximum Gasteiger partial charge on any atom is 0.248 e. The molecule has 0 unspecified atom stereocenters. The summed E-state index contributed by atoms with van der Waals surface area (Å²) in [6.45, 7) is 2.29. The third kappa shape index (κ3) is 5.03. The smallest absolute Gasteiger partial charge is 0.248 e. The van der Waals surface area contributed by atoms with Crippen LogP contribution in [0.4, 0.5) is 5.69 Å². The number of amides is 1. The van der Waals surface area contributed by atoms with Crippen LogP contribution >= 0.6 is 24.0 Å². The summed E-state index contributed by atoms with van der Waals surface area (Å²) in [5, 5.41) is 3.27. The average molecular weight is 390 g/mol. The van der Waals surface area contributed by atoms with E-state index in [1.807, 2.05) is 18.2 Å². The lowest BCUT2D eigenvalue weighted by Gasteiger charge is -2.12. The maximum atomic E-state index is 11.9. The molecule has 136 valence electrons. The Hall–Kier alpha value is -2.45. The molecular formula is C18H19N3O3S2. The number of anilines is 1. The first-order chi connectivity index (χ1) is 12.6. The van der Waals surface area contributed by atoms with Crippen LogP contribution in [-0.4, -0.2) is 23.6 Å². The minimum Gasteiger partial charge on any atom is -0.454 e. The van der Waals surface area contributed by atoms with E-state index >= 15 is 0 Å². The van der Waals surface area contributed by atoms with Gasteiger partial charge in [-0.3, -0.25) is 15.6 Å². The second-order valence-electron chi connectivity index (χ2n) is 5.61. The van der Waals surface area contributed by atoms with Crippen molar-refractivity contribution in [3.63, 3.8) is 0 Å². The van der Waals surface area contributed by atoms with Crippen LogP contribution < -0.4 is 25.6 Å². The fraction of sp³-hybridized carbons (Fsp3) is 0.222. The highest BCUT2D eigenvalue weighted by Crippen LogP contribution is 2.34. The lowest BCUT2D eigenvalue weighted by Crippen LogP contribution is -2.44. The fourth-order valence-electron chi connectivity index (χ4n) is 2.32. The number of rotatable bonds is 5. The van der Waals surface area contributed by atoms with Gasteiger partial charge in [-0.25, -0.2) is 0 Å². The second-order valence-corrected chi connectivity index (χ2v) is 7.01. The SMILES string of the molecule is Cc1ccccc1CSCC(=O)NNC(=S)Nc1ccc2c(c1)OCO2. The van der Waals surface area contributed by atoms with E-state index in [1.165, 1.54) is 11.1 Å². The number of carbonyl (C=O) groups excluding carboxylic acids is 1. The summed E-state index contributed by atoms with van der Waals surface area (Å²) in [5.74, 6) is 2.36. The van der Waals surface area contributed by atoms with Crippen molar-refractivity contribution in [3.8, 4) is 11.5 Å². The molecule has 0 aromatic heterocycles. The minimum absolute atomic E-state index is 0.140. The van der Waals surface area contributed by atoms with Crippen molar-refractivity contribution < 1.29 is 14.3 Å². The van der Waals surface area contributed by atoms with Gasteiger partial charge >= 0.3 is 0 Å². The van der Waals surface area contributed by atoms with E-state index in [-0.39, 0.29) is 12.7 Å². The van der Waals surface area contributed by atoms with Crippen molar-refractivity contribution in [3.05, 3.63) is 53.6 Å². The normalized spacial score (nSPS) is 11.7. The zero-order chi connectivity index (χ0) is 18.4. The summed E-state index contributed by atoms with van der Waals surface area (Å²) in [5.41, 5.74) is 8.49. The molecule has 6 nitrogen and oxygen atoms in total. The number of benzene rings is 2. The van der Waals surface area contributed by atoms with Crippen molar-refractivity contribution in [1.29, 1.82) is 0 Å². The van der Waals surface area contributed by atoms with Crippen molar-refractivity contribution in [2.45, 2.75) is 12.7 Å². The molecule has 26 heavy (non-hydrogen) atoms. The first-order valence-electron chi connectivity index (χ1n) is 7.99. The van der Waals surface area contributed by atoms with Gasteiger partial charge in [-0.05, 0) is 42.4 Å². The molecule has 3 N–H and O–H groups in total. The molecule has 3 rings (SSSR count). The van der Waals surface area contributed by atoms with Crippen LogP contribution in [0.25, 0.3) is 0 Å². The Balaban J connectivity index is 1.37. The molecule has 0 fully saturated rings. The number of hydrogen-bond acceptors (Lipinski definition) is 5. The van der Waals surface area contributed by atoms with E-state index in [9.17, 15) is 4.79 Å². The summed E-state index contributed by atoms with van der Waals surface area (Å²) in [6, 6.07) is 13.6. The number of thiocarbonyl (C=S) groups is 1. The summed E-state index contributed by atoms with van der Waals surface area (Å²) < 4.78 is 10.6. The van der Waals surface area contributed by atoms with E-state index in [4.69, 9.17) is 21.7 Å². The van der Waals surface area contributed by atoms with Gasteiger partial charge in [0.2, 0.25) is 12.7 Å². The number of fused-ring (bicyclic) bond motifs is 1. The van der Waals surface area contributed by atoms with Crippen LogP contribution in [0.2, 0.25) is 0 Å². The first kappa shape index (κ1) is 18.3. The van der Waals surface area contributed by atoms with Gasteiger partial charge < -0.3 is 14.8 Å². The monoisotopic (exact) mass is 389 g/mol. The molecule has 0 saturated heterocycles. The zero-order valence-electron chi connectivity index (χ0n) is 14.2. The standard InChI is InChI=1S/C18H19N3O3S2/c1-12-4-2-3-5-13(12)9-26-10-17(22)20-21-18(25)19-14-6-7-15-16(8-14)24-11-23-15/h2-8H,9-11H2,1H3,(H,20,22)(H2,19,21,25). The van der Waals surface area contributed by atoms with Crippen LogP contribution in [0.3, 0.4) is 0 Å². The summed E-state index contributed by atoms with van der Waals surface area (Å²) in [4.78, 5) is 11.9. The number of thioether (sulfide) groups is 1. The summed E-state index contributed by atoms with van der Waals surface area (Å²) >= 11 is 6.72. The van der Waals surface area contributed by atoms with Crippen molar-refractivity contribution in [2.75, 3.05) is 17.9 Å². The van der Waals surface area contributed by atoms with E-state index in [0.29, 0.717) is 22.4 Å². The number of ether oxygens (including phenoxy) is 2. The van der Waals surface area contributed by atoms with E-state index in [1.54, 1.807) is 23.9 Å². The molecular weight excluding hydrogens is 370 g/mol. The van der Waals surface area contributed by atoms with Crippen molar-refractivity contribution >= 4 is 40.7 Å². The molecule has 2 aromatic carbocycles. The van der Waals surface area contributed by atoms with Crippen LogP contribution in [0.1, 0.15) is 11.1 Å². The fourth-order valence-corrected chi connectivity index (χ4v) is 3.40. The molecule has 0 radical (unpaired) electrons. The molecule has 1 aliphatic heterocycles. The lowest BCUT2D eigenvalue weighted by molar-refractivity contribution is -0.119. The van der Waals surface area contributed by atoms with Gasteiger partial charge in [0, 0.05) is 17.5 Å². The van der Waals surface area contributed by atoms with Crippen molar-refractivity contribution in [1.82, 2.24) is 10.9 Å². The number of nitrogens with one attached hydrogen (secondary N) is 3. The van der Waals surface area contributed by atoms with Crippen molar-refractivity contribution in [2.24, 2.45) is 0 Å². The Kier molecular flexibility index (Phi) is 6.19. The highest BCUT2D eigenvalue weighted by molar-refractivity contribution is 7.99. The quantitative estimate of drug-likeness (QED) is 0.536. The minimum atomic E-state index is -0.140. The Morgan fingerprint density at radius 2 is 1.96 bits per heavy atom. The molecule has 0 spiro atoms. The number of aryl methyl sites for hydroxylation is 1. The van der Waals surface area contributed by atoms with E-state index in [2.05, 4.69) is 35.2 Å². The molecule has 0 aliphatic carbocycles. The van der Waals surface area contributed by atoms with Gasteiger partial charge in [0.15, 0.2) is 16.6 Å². The predicted octanol–water partition coefficient (Wildman–Crippen LogP) is 2.97. The topological polar surface area (TPSA) is 71.6 Å². The molecule has 0 atom stereocenters. The maximum absolute atomic E-state index is 11.9. The van der Waals surface area contributed by atoms with Gasteiger partial charge in [-0.1, -0.05) is 24.3 Å². The van der Waals surface area contributed by atoms with E-state index < -0.39 is 0 Å². The van der Waals surface area contributed by atoms with Gasteiger partial charge in [0.1, 0.15) is 0 Å². The van der Waals surface area contributed by atoms with Gasteiger partial charge in [0.25, 0.3) is 0 Å². The molecule has 0 bridgehead atoms. The predicted molar refractivity (Wildman–Crippen MR) is 107 cm³/mol. The highest BCUT2D eigenvalue weighted by Gasteiger charge is 2.13. The Morgan fingerprint density at radius 3 is 2.81 bits per heavy atom. The van der Waals surface area contributed by atoms with Gasteiger partial charge in [-0.15, -0.1) is 11.8 Å². The summed E-state index contributed by atoms with van der Waals surface area (Å²) in [6.07, 6.45) is 0. The van der Waals surface area contributed by atoms with Gasteiger partial charge in [-0.2, -0.15) is 0 Å². The first-order valence-corrected chi connectivity index (χ1v) is 9.56. The lowest BCUT2D eigenvalue weighted by atomic mass is 10.1. The molecule has 1 heterocycles. The third-order valence-corrected chi connectivity index (χ3v) is 4.88. The number of hydrogen-bond donors (Lipinski definition) is 3. The third-order valence-electron chi connectivity index (χ3n) is 3.70. The molecule has 0 saturated carbocycles. The van der Waals surface area contributed by atoms with E-state index in [0.717, 1.165) is 11.4 Å².